The Bertz CT molecular complexity index is 515. The van der Waals surface area contributed by atoms with Gasteiger partial charge in [-0.1, -0.05) is 13.3 Å². The maximum absolute atomic E-state index is 12.3. The van der Waals surface area contributed by atoms with Gasteiger partial charge in [0.2, 0.25) is 0 Å². The molecular weight excluding hydrogens is 288 g/mol. The van der Waals surface area contributed by atoms with Crippen LogP contribution in [-0.2, 0) is 11.2 Å². The number of fused-ring (bicyclic) bond motifs is 1. The predicted molar refractivity (Wildman–Crippen MR) is 82.6 cm³/mol. The van der Waals surface area contributed by atoms with E-state index in [9.17, 15) is 9.59 Å². The molecular formula is C15H22N2O3S. The van der Waals surface area contributed by atoms with E-state index >= 15 is 0 Å². The fourth-order valence-electron chi connectivity index (χ4n) is 2.73. The highest BCUT2D eigenvalue weighted by Gasteiger charge is 2.28. The standard InChI is InChI=1S/C15H22N2O3S/c1-3-11(8-14(18)19)9-16-15(20)17-6-4-13-12(10(17)2)5-7-21-13/h5,7,10-11H,3-4,6,8-9H2,1-2H3,(H,16,20)(H,18,19). The van der Waals surface area contributed by atoms with Gasteiger partial charge in [0.1, 0.15) is 0 Å². The van der Waals surface area contributed by atoms with Crippen molar-refractivity contribution in [2.75, 3.05) is 13.1 Å². The lowest BCUT2D eigenvalue weighted by molar-refractivity contribution is -0.138. The Morgan fingerprint density at radius 1 is 1.57 bits per heavy atom. The third kappa shape index (κ3) is 3.75. The summed E-state index contributed by atoms with van der Waals surface area (Å²) in [6.45, 7) is 5.12. The van der Waals surface area contributed by atoms with Crippen molar-refractivity contribution in [3.05, 3.63) is 21.9 Å². The zero-order valence-corrected chi connectivity index (χ0v) is 13.3. The molecule has 2 unspecified atom stereocenters. The van der Waals surface area contributed by atoms with E-state index in [0.717, 1.165) is 19.4 Å². The summed E-state index contributed by atoms with van der Waals surface area (Å²) in [6.07, 6.45) is 1.74. The van der Waals surface area contributed by atoms with Crippen molar-refractivity contribution in [3.8, 4) is 0 Å². The molecule has 0 saturated carbocycles. The number of aliphatic carboxylic acids is 1. The lowest BCUT2D eigenvalue weighted by Gasteiger charge is -2.34. The zero-order chi connectivity index (χ0) is 15.4. The Labute approximate surface area is 129 Å². The normalized spacial score (nSPS) is 19.0. The van der Waals surface area contributed by atoms with Crippen molar-refractivity contribution < 1.29 is 14.7 Å². The van der Waals surface area contributed by atoms with Gasteiger partial charge in [-0.05, 0) is 36.3 Å². The lowest BCUT2D eigenvalue weighted by Crippen LogP contribution is -2.45. The number of nitrogens with zero attached hydrogens (tertiary/aromatic N) is 1. The summed E-state index contributed by atoms with van der Waals surface area (Å²) in [5.74, 6) is -0.825. The first-order valence-electron chi connectivity index (χ1n) is 7.35. The van der Waals surface area contributed by atoms with Crippen LogP contribution in [0, 0.1) is 5.92 Å². The molecule has 2 amide bonds. The van der Waals surface area contributed by atoms with Crippen LogP contribution in [0.3, 0.4) is 0 Å². The first kappa shape index (κ1) is 15.8. The summed E-state index contributed by atoms with van der Waals surface area (Å²) in [5.41, 5.74) is 1.24. The van der Waals surface area contributed by atoms with Crippen LogP contribution in [0.5, 0.6) is 0 Å². The number of hydrogen-bond acceptors (Lipinski definition) is 3. The van der Waals surface area contributed by atoms with Gasteiger partial charge in [0.15, 0.2) is 0 Å². The minimum atomic E-state index is -0.814. The highest BCUT2D eigenvalue weighted by Crippen LogP contribution is 2.32. The molecule has 1 aliphatic rings. The average Bonchev–Trinajstić information content (AvgIpc) is 2.92. The summed E-state index contributed by atoms with van der Waals surface area (Å²) in [7, 11) is 0. The van der Waals surface area contributed by atoms with Crippen molar-refractivity contribution in [2.45, 2.75) is 39.2 Å². The molecule has 0 fully saturated rings. The summed E-state index contributed by atoms with van der Waals surface area (Å²) in [4.78, 5) is 26.3. The molecule has 5 nitrogen and oxygen atoms in total. The molecule has 116 valence electrons. The number of urea groups is 1. The van der Waals surface area contributed by atoms with E-state index in [-0.39, 0.29) is 24.4 Å². The van der Waals surface area contributed by atoms with Crippen LogP contribution in [0.25, 0.3) is 0 Å². The van der Waals surface area contributed by atoms with Gasteiger partial charge in [-0.15, -0.1) is 11.3 Å². The first-order chi connectivity index (χ1) is 10.0. The Hall–Kier alpha value is -1.56. The lowest BCUT2D eigenvalue weighted by atomic mass is 10.0. The SMILES string of the molecule is CCC(CNC(=O)N1CCc2sccc2C1C)CC(=O)O. The molecule has 2 N–H and O–H groups in total. The van der Waals surface area contributed by atoms with E-state index in [4.69, 9.17) is 5.11 Å². The molecule has 0 saturated heterocycles. The topological polar surface area (TPSA) is 69.6 Å². The van der Waals surface area contributed by atoms with Gasteiger partial charge in [0.05, 0.1) is 6.04 Å². The molecule has 0 spiro atoms. The first-order valence-corrected chi connectivity index (χ1v) is 8.23. The summed E-state index contributed by atoms with van der Waals surface area (Å²) < 4.78 is 0. The van der Waals surface area contributed by atoms with Crippen LogP contribution < -0.4 is 5.32 Å². The molecule has 2 rings (SSSR count). The molecule has 1 aromatic heterocycles. The van der Waals surface area contributed by atoms with E-state index in [1.165, 1.54) is 10.4 Å². The number of hydrogen-bond donors (Lipinski definition) is 2. The van der Waals surface area contributed by atoms with E-state index in [0.29, 0.717) is 6.54 Å². The van der Waals surface area contributed by atoms with Gasteiger partial charge in [0.25, 0.3) is 0 Å². The predicted octanol–water partition coefficient (Wildman–Crippen LogP) is 2.88. The van der Waals surface area contributed by atoms with E-state index in [1.807, 2.05) is 18.7 Å². The molecule has 1 aliphatic heterocycles. The van der Waals surface area contributed by atoms with E-state index in [1.54, 1.807) is 11.3 Å². The largest absolute Gasteiger partial charge is 0.481 e. The zero-order valence-electron chi connectivity index (χ0n) is 12.5. The number of rotatable bonds is 5. The number of carbonyl (C=O) groups excluding carboxylic acids is 1. The Morgan fingerprint density at radius 2 is 2.33 bits per heavy atom. The van der Waals surface area contributed by atoms with Crippen molar-refractivity contribution in [2.24, 2.45) is 5.92 Å². The summed E-state index contributed by atoms with van der Waals surface area (Å²) in [5, 5.41) is 13.8. The molecule has 0 radical (unpaired) electrons. The third-order valence-corrected chi connectivity index (χ3v) is 5.12. The fourth-order valence-corrected chi connectivity index (χ4v) is 3.69. The quantitative estimate of drug-likeness (QED) is 0.878. The molecule has 2 atom stereocenters. The number of thiophene rings is 1. The number of nitrogens with one attached hydrogen (secondary N) is 1. The van der Waals surface area contributed by atoms with Crippen LogP contribution in [0.15, 0.2) is 11.4 Å². The van der Waals surface area contributed by atoms with Crippen LogP contribution in [0.1, 0.15) is 43.2 Å². The molecule has 0 aromatic carbocycles. The second-order valence-corrected chi connectivity index (χ2v) is 6.48. The van der Waals surface area contributed by atoms with Crippen LogP contribution >= 0.6 is 11.3 Å². The Kier molecular flexibility index (Phi) is 5.22. The molecule has 2 heterocycles. The molecule has 0 aliphatic carbocycles. The molecule has 6 heteroatoms. The molecule has 1 aromatic rings. The Morgan fingerprint density at radius 3 is 3.00 bits per heavy atom. The van der Waals surface area contributed by atoms with Crippen LogP contribution in [-0.4, -0.2) is 35.1 Å². The van der Waals surface area contributed by atoms with Gasteiger partial charge in [-0.25, -0.2) is 4.79 Å². The minimum absolute atomic E-state index is 0.0109. The van der Waals surface area contributed by atoms with Crippen molar-refractivity contribution in [1.29, 1.82) is 0 Å². The second kappa shape index (κ2) is 6.93. The maximum atomic E-state index is 12.3. The van der Waals surface area contributed by atoms with E-state index < -0.39 is 5.97 Å². The second-order valence-electron chi connectivity index (χ2n) is 5.48. The minimum Gasteiger partial charge on any atom is -0.481 e. The van der Waals surface area contributed by atoms with Gasteiger partial charge in [-0.3, -0.25) is 4.79 Å². The number of carboxylic acids is 1. The maximum Gasteiger partial charge on any atom is 0.317 e. The van der Waals surface area contributed by atoms with Crippen molar-refractivity contribution >= 4 is 23.3 Å². The number of amides is 2. The third-order valence-electron chi connectivity index (χ3n) is 4.12. The number of carboxylic acid groups (broad SMARTS) is 1. The monoisotopic (exact) mass is 310 g/mol. The Balaban J connectivity index is 1.91. The van der Waals surface area contributed by atoms with Gasteiger partial charge < -0.3 is 15.3 Å². The van der Waals surface area contributed by atoms with Gasteiger partial charge >= 0.3 is 12.0 Å². The van der Waals surface area contributed by atoms with Gasteiger partial charge in [0, 0.05) is 24.4 Å². The van der Waals surface area contributed by atoms with Crippen LogP contribution in [0.4, 0.5) is 4.79 Å². The summed E-state index contributed by atoms with van der Waals surface area (Å²) >= 11 is 1.75. The summed E-state index contributed by atoms with van der Waals surface area (Å²) in [6, 6.07) is 2.08. The van der Waals surface area contributed by atoms with E-state index in [2.05, 4.69) is 16.8 Å². The number of carbonyl (C=O) groups is 2. The van der Waals surface area contributed by atoms with Gasteiger partial charge in [-0.2, -0.15) is 0 Å². The van der Waals surface area contributed by atoms with Crippen molar-refractivity contribution in [3.63, 3.8) is 0 Å². The molecule has 0 bridgehead atoms. The smallest absolute Gasteiger partial charge is 0.317 e. The van der Waals surface area contributed by atoms with Crippen LogP contribution in [0.2, 0.25) is 0 Å². The average molecular weight is 310 g/mol. The highest BCUT2D eigenvalue weighted by atomic mass is 32.1. The molecule has 21 heavy (non-hydrogen) atoms. The fraction of sp³-hybridized carbons (Fsp3) is 0.600. The highest BCUT2D eigenvalue weighted by molar-refractivity contribution is 7.10. The van der Waals surface area contributed by atoms with Crippen molar-refractivity contribution in [1.82, 2.24) is 10.2 Å².